The van der Waals surface area contributed by atoms with Crippen LogP contribution in [-0.4, -0.2) is 22.8 Å². The van der Waals surface area contributed by atoms with Crippen molar-refractivity contribution in [1.82, 2.24) is 0 Å². The quantitative estimate of drug-likeness (QED) is 0.386. The molecule has 0 aliphatic carbocycles. The molecule has 0 amide bonds. The number of rotatable bonds is 2. The smallest absolute Gasteiger partial charge is 0.352 e. The van der Waals surface area contributed by atoms with Gasteiger partial charge in [0.1, 0.15) is 5.76 Å². The van der Waals surface area contributed by atoms with E-state index in [0.29, 0.717) is 0 Å². The highest BCUT2D eigenvalue weighted by Crippen LogP contribution is 2.27. The Balaban J connectivity index is 0.00000109. The molecule has 0 bridgehead atoms. The van der Waals surface area contributed by atoms with E-state index in [-0.39, 0.29) is 12.2 Å². The summed E-state index contributed by atoms with van der Waals surface area (Å²) in [5, 5.41) is 12.2. The van der Waals surface area contributed by atoms with E-state index in [0.717, 1.165) is 16.3 Å². The molecule has 5 nitrogen and oxygen atoms in total. The maximum atomic E-state index is 12.0. The first kappa shape index (κ1) is 18.5. The second-order valence-electron chi connectivity index (χ2n) is 5.82. The monoisotopic (exact) mass is 342 g/mol. The van der Waals surface area contributed by atoms with Gasteiger partial charge >= 0.3 is 11.9 Å². The molecule has 0 radical (unpaired) electrons. The van der Waals surface area contributed by atoms with E-state index >= 15 is 0 Å². The number of carbonyl (C=O) groups is 2. The first-order chi connectivity index (χ1) is 11.9. The summed E-state index contributed by atoms with van der Waals surface area (Å²) in [6.45, 7) is 6.92. The Hall–Kier alpha value is -2.82. The van der Waals surface area contributed by atoms with Crippen LogP contribution in [0.3, 0.4) is 0 Å². The van der Waals surface area contributed by atoms with Crippen molar-refractivity contribution < 1.29 is 24.2 Å². The van der Waals surface area contributed by atoms with Crippen molar-refractivity contribution in [3.8, 4) is 0 Å². The SMILES string of the molecule is CC.CC1(C)OC(=O)C(=C(O)Cc2cccc3ccccc23)C(=O)O1. The number of ether oxygens (including phenoxy) is 2. The molecular formula is C20H22O5. The van der Waals surface area contributed by atoms with Gasteiger partial charge in [0.05, 0.1) is 0 Å². The fourth-order valence-corrected chi connectivity index (χ4v) is 2.60. The summed E-state index contributed by atoms with van der Waals surface area (Å²) < 4.78 is 10.0. The first-order valence-electron chi connectivity index (χ1n) is 8.23. The maximum absolute atomic E-state index is 12.0. The first-order valence-corrected chi connectivity index (χ1v) is 8.23. The normalized spacial score (nSPS) is 15.8. The van der Waals surface area contributed by atoms with Crippen LogP contribution in [0.5, 0.6) is 0 Å². The zero-order valence-corrected chi connectivity index (χ0v) is 14.8. The molecular weight excluding hydrogens is 320 g/mol. The summed E-state index contributed by atoms with van der Waals surface area (Å²) in [6, 6.07) is 13.3. The number of carbonyl (C=O) groups excluding carboxylic acids is 2. The second kappa shape index (κ2) is 7.38. The molecule has 0 spiro atoms. The highest BCUT2D eigenvalue weighted by molar-refractivity contribution is 6.15. The molecule has 132 valence electrons. The Morgan fingerprint density at radius 3 is 2.16 bits per heavy atom. The average Bonchev–Trinajstić information content (AvgIpc) is 2.55. The zero-order chi connectivity index (χ0) is 18.6. The second-order valence-corrected chi connectivity index (χ2v) is 5.82. The van der Waals surface area contributed by atoms with E-state index in [4.69, 9.17) is 9.47 Å². The summed E-state index contributed by atoms with van der Waals surface area (Å²) in [5.41, 5.74) is 0.357. The average molecular weight is 342 g/mol. The lowest BCUT2D eigenvalue weighted by atomic mass is 10.00. The Kier molecular flexibility index (Phi) is 5.47. The van der Waals surface area contributed by atoms with E-state index in [9.17, 15) is 14.7 Å². The summed E-state index contributed by atoms with van der Waals surface area (Å²) in [7, 11) is 0. The molecule has 3 rings (SSSR count). The molecule has 1 aliphatic rings. The molecule has 0 unspecified atom stereocenters. The third kappa shape index (κ3) is 3.99. The van der Waals surface area contributed by atoms with Crippen LogP contribution < -0.4 is 0 Å². The van der Waals surface area contributed by atoms with Gasteiger partial charge in [-0.05, 0) is 16.3 Å². The topological polar surface area (TPSA) is 72.8 Å². The van der Waals surface area contributed by atoms with Crippen LogP contribution in [0.4, 0.5) is 0 Å². The lowest BCUT2D eigenvalue weighted by molar-refractivity contribution is -0.222. The molecule has 0 saturated carbocycles. The standard InChI is InChI=1S/C18H16O5.C2H6/c1-18(2)22-16(20)15(17(21)23-18)14(19)10-12-8-5-7-11-6-3-4-9-13(11)12;1-2/h3-9,19H,10H2,1-2H3;1-2H3. The summed E-state index contributed by atoms with van der Waals surface area (Å²) in [4.78, 5) is 23.9. The predicted octanol–water partition coefficient (Wildman–Crippen LogP) is 4.06. The largest absolute Gasteiger partial charge is 0.511 e. The van der Waals surface area contributed by atoms with Gasteiger partial charge in [-0.2, -0.15) is 0 Å². The molecule has 1 saturated heterocycles. The number of aliphatic hydroxyl groups excluding tert-OH is 1. The molecule has 5 heteroatoms. The molecule has 1 N–H and O–H groups in total. The number of fused-ring (bicyclic) bond motifs is 1. The highest BCUT2D eigenvalue weighted by Gasteiger charge is 2.41. The van der Waals surface area contributed by atoms with Crippen molar-refractivity contribution in [3.63, 3.8) is 0 Å². The summed E-state index contributed by atoms with van der Waals surface area (Å²) in [6.07, 6.45) is 0.0430. The van der Waals surface area contributed by atoms with Gasteiger partial charge in [0, 0.05) is 20.3 Å². The molecule has 1 fully saturated rings. The number of hydrogen-bond acceptors (Lipinski definition) is 5. The van der Waals surface area contributed by atoms with Crippen LogP contribution in [0.2, 0.25) is 0 Å². The fourth-order valence-electron chi connectivity index (χ4n) is 2.60. The Morgan fingerprint density at radius 1 is 0.960 bits per heavy atom. The van der Waals surface area contributed by atoms with Crippen LogP contribution in [0.1, 0.15) is 33.3 Å². The maximum Gasteiger partial charge on any atom is 0.352 e. The predicted molar refractivity (Wildman–Crippen MR) is 94.9 cm³/mol. The van der Waals surface area contributed by atoms with Crippen molar-refractivity contribution in [2.75, 3.05) is 0 Å². The lowest BCUT2D eigenvalue weighted by Gasteiger charge is -2.30. The van der Waals surface area contributed by atoms with Gasteiger partial charge in [0.15, 0.2) is 5.57 Å². The van der Waals surface area contributed by atoms with E-state index in [1.165, 1.54) is 13.8 Å². The van der Waals surface area contributed by atoms with Gasteiger partial charge in [0.2, 0.25) is 0 Å². The summed E-state index contributed by atoms with van der Waals surface area (Å²) in [5.74, 6) is -3.42. The lowest BCUT2D eigenvalue weighted by Crippen LogP contribution is -2.42. The highest BCUT2D eigenvalue weighted by atomic mass is 16.7. The van der Waals surface area contributed by atoms with Gasteiger partial charge in [-0.15, -0.1) is 0 Å². The van der Waals surface area contributed by atoms with Crippen molar-refractivity contribution in [2.45, 2.75) is 39.9 Å². The minimum Gasteiger partial charge on any atom is -0.511 e. The minimum atomic E-state index is -1.32. The molecule has 0 aromatic heterocycles. The van der Waals surface area contributed by atoms with Crippen molar-refractivity contribution in [2.24, 2.45) is 0 Å². The van der Waals surface area contributed by atoms with E-state index in [2.05, 4.69) is 0 Å². The number of allylic oxidation sites excluding steroid dienone is 1. The third-order valence-electron chi connectivity index (χ3n) is 3.61. The van der Waals surface area contributed by atoms with Gasteiger partial charge in [-0.3, -0.25) is 0 Å². The van der Waals surface area contributed by atoms with Gasteiger partial charge in [-0.25, -0.2) is 9.59 Å². The molecule has 1 heterocycles. The van der Waals surface area contributed by atoms with Crippen molar-refractivity contribution in [1.29, 1.82) is 0 Å². The number of aliphatic hydroxyl groups is 1. The van der Waals surface area contributed by atoms with Gasteiger partial charge < -0.3 is 14.6 Å². The molecule has 1 aliphatic heterocycles. The molecule has 2 aromatic rings. The van der Waals surface area contributed by atoms with Gasteiger partial charge in [-0.1, -0.05) is 56.3 Å². The van der Waals surface area contributed by atoms with Crippen LogP contribution in [-0.2, 0) is 25.5 Å². The van der Waals surface area contributed by atoms with Crippen LogP contribution >= 0.6 is 0 Å². The number of benzene rings is 2. The van der Waals surface area contributed by atoms with Crippen LogP contribution in [0.15, 0.2) is 53.8 Å². The zero-order valence-electron chi connectivity index (χ0n) is 14.8. The Labute approximate surface area is 146 Å². The van der Waals surface area contributed by atoms with Gasteiger partial charge in [0.25, 0.3) is 5.79 Å². The van der Waals surface area contributed by atoms with Crippen LogP contribution in [0, 0.1) is 0 Å². The van der Waals surface area contributed by atoms with Crippen molar-refractivity contribution in [3.05, 3.63) is 59.4 Å². The number of esters is 2. The van der Waals surface area contributed by atoms with E-state index in [1.54, 1.807) is 0 Å². The van der Waals surface area contributed by atoms with Crippen LogP contribution in [0.25, 0.3) is 10.8 Å². The van der Waals surface area contributed by atoms with E-state index < -0.39 is 23.3 Å². The number of hydrogen-bond donors (Lipinski definition) is 1. The Morgan fingerprint density at radius 2 is 1.52 bits per heavy atom. The molecule has 2 aromatic carbocycles. The third-order valence-corrected chi connectivity index (χ3v) is 3.61. The summed E-state index contributed by atoms with van der Waals surface area (Å²) >= 11 is 0. The van der Waals surface area contributed by atoms with E-state index in [1.807, 2.05) is 56.3 Å². The fraction of sp³-hybridized carbons (Fsp3) is 0.300. The number of cyclic esters (lactones) is 2. The molecule has 0 atom stereocenters. The Bertz CT molecular complexity index is 806. The van der Waals surface area contributed by atoms with Crippen molar-refractivity contribution >= 4 is 22.7 Å². The molecule has 25 heavy (non-hydrogen) atoms. The minimum absolute atomic E-state index is 0.0430.